The molecule has 23 heavy (non-hydrogen) atoms. The van der Waals surface area contributed by atoms with Crippen LogP contribution in [0.4, 0.5) is 4.39 Å². The third-order valence-corrected chi connectivity index (χ3v) is 5.13. The Balaban J connectivity index is 2.22. The lowest BCUT2D eigenvalue weighted by atomic mass is 9.93. The maximum Gasteiger partial charge on any atom is 0.132 e. The van der Waals surface area contributed by atoms with E-state index in [1.807, 2.05) is 60.7 Å². The summed E-state index contributed by atoms with van der Waals surface area (Å²) in [4.78, 5) is 0.773. The van der Waals surface area contributed by atoms with E-state index < -0.39 is 0 Å². The minimum Gasteiger partial charge on any atom is -0.206 e. The Morgan fingerprint density at radius 2 is 1.39 bits per heavy atom. The largest absolute Gasteiger partial charge is 0.206 e. The number of hydrogen-bond donors (Lipinski definition) is 1. The Hall–Kier alpha value is -1.84. The van der Waals surface area contributed by atoms with Crippen LogP contribution >= 0.6 is 28.6 Å². The van der Waals surface area contributed by atoms with Gasteiger partial charge < -0.3 is 0 Å². The van der Waals surface area contributed by atoms with Crippen molar-refractivity contribution >= 4 is 50.1 Å². The molecule has 0 fully saturated rings. The summed E-state index contributed by atoms with van der Waals surface area (Å²) in [7, 11) is 0. The molecule has 0 spiro atoms. The normalized spacial score (nSPS) is 11.3. The van der Waals surface area contributed by atoms with Crippen molar-refractivity contribution in [3.05, 3.63) is 77.0 Å². The molecule has 0 aliphatic carbocycles. The molecule has 0 radical (unpaired) electrons. The zero-order valence-corrected chi connectivity index (χ0v) is 14.5. The number of thiol groups is 1. The van der Waals surface area contributed by atoms with Gasteiger partial charge in [0, 0.05) is 20.5 Å². The second-order valence-electron chi connectivity index (χ2n) is 5.44. The fraction of sp³-hybridized carbons (Fsp3) is 0. The van der Waals surface area contributed by atoms with Crippen molar-refractivity contribution in [1.29, 1.82) is 0 Å². The van der Waals surface area contributed by atoms with E-state index in [1.54, 1.807) is 0 Å². The van der Waals surface area contributed by atoms with Crippen molar-refractivity contribution < 1.29 is 4.39 Å². The highest BCUT2D eigenvalue weighted by Crippen LogP contribution is 2.41. The molecule has 0 saturated heterocycles. The van der Waals surface area contributed by atoms with E-state index in [0.717, 1.165) is 36.5 Å². The summed E-state index contributed by atoms with van der Waals surface area (Å²) < 4.78 is 15.7. The van der Waals surface area contributed by atoms with Crippen LogP contribution in [0, 0.1) is 5.82 Å². The summed E-state index contributed by atoms with van der Waals surface area (Å²) in [5, 5.41) is 3.95. The third-order valence-electron chi connectivity index (χ3n) is 4.10. The second kappa shape index (κ2) is 5.66. The molecule has 0 atom stereocenters. The van der Waals surface area contributed by atoms with Gasteiger partial charge >= 0.3 is 0 Å². The SMILES string of the molecule is Fc1cc(Br)c2ccccc2c1-c1c(S)ccc2ccccc12. The quantitative estimate of drug-likeness (QED) is 0.342. The van der Waals surface area contributed by atoms with Crippen LogP contribution in [0.1, 0.15) is 0 Å². The van der Waals surface area contributed by atoms with Crippen molar-refractivity contribution in [1.82, 2.24) is 0 Å². The molecule has 0 amide bonds. The van der Waals surface area contributed by atoms with Gasteiger partial charge in [0.1, 0.15) is 5.82 Å². The molecule has 0 saturated carbocycles. The molecule has 0 N–H and O–H groups in total. The van der Waals surface area contributed by atoms with Crippen LogP contribution < -0.4 is 0 Å². The van der Waals surface area contributed by atoms with Gasteiger partial charge in [0.15, 0.2) is 0 Å². The van der Waals surface area contributed by atoms with Gasteiger partial charge in [-0.3, -0.25) is 0 Å². The van der Waals surface area contributed by atoms with Crippen molar-refractivity contribution in [3.63, 3.8) is 0 Å². The fourth-order valence-corrected chi connectivity index (χ4v) is 3.93. The minimum absolute atomic E-state index is 0.248. The Morgan fingerprint density at radius 3 is 2.17 bits per heavy atom. The molecule has 4 aromatic rings. The lowest BCUT2D eigenvalue weighted by molar-refractivity contribution is 0.632. The van der Waals surface area contributed by atoms with Gasteiger partial charge in [0.25, 0.3) is 0 Å². The first-order valence-electron chi connectivity index (χ1n) is 7.24. The van der Waals surface area contributed by atoms with E-state index in [9.17, 15) is 4.39 Å². The summed E-state index contributed by atoms with van der Waals surface area (Å²) in [6.07, 6.45) is 0. The van der Waals surface area contributed by atoms with Crippen LogP contribution in [0.2, 0.25) is 0 Å². The zero-order chi connectivity index (χ0) is 16.0. The summed E-state index contributed by atoms with van der Waals surface area (Å²) >= 11 is 8.07. The molecule has 0 bridgehead atoms. The van der Waals surface area contributed by atoms with Crippen molar-refractivity contribution in [2.75, 3.05) is 0 Å². The van der Waals surface area contributed by atoms with Crippen LogP contribution in [0.5, 0.6) is 0 Å². The molecule has 0 nitrogen and oxygen atoms in total. The Kier molecular flexibility index (Phi) is 3.63. The van der Waals surface area contributed by atoms with Crippen molar-refractivity contribution in [3.8, 4) is 11.1 Å². The molecule has 0 unspecified atom stereocenters. The van der Waals surface area contributed by atoms with Gasteiger partial charge in [-0.25, -0.2) is 4.39 Å². The molecule has 3 heteroatoms. The lowest BCUT2D eigenvalue weighted by Crippen LogP contribution is -1.91. The number of halogens is 2. The number of fused-ring (bicyclic) bond motifs is 2. The molecular weight excluding hydrogens is 371 g/mol. The first-order valence-corrected chi connectivity index (χ1v) is 8.48. The molecule has 4 rings (SSSR count). The maximum absolute atomic E-state index is 14.9. The van der Waals surface area contributed by atoms with Gasteiger partial charge in [-0.1, -0.05) is 70.5 Å². The predicted molar refractivity (Wildman–Crippen MR) is 102 cm³/mol. The molecule has 4 aromatic carbocycles. The van der Waals surface area contributed by atoms with Crippen molar-refractivity contribution in [2.24, 2.45) is 0 Å². The zero-order valence-electron chi connectivity index (χ0n) is 12.1. The summed E-state index contributed by atoms with van der Waals surface area (Å²) in [6.45, 7) is 0. The van der Waals surface area contributed by atoms with E-state index in [1.165, 1.54) is 6.07 Å². The standard InChI is InChI=1S/C20H12BrFS/c21-16-11-17(22)19(15-8-4-3-7-14(15)16)20-13-6-2-1-5-12(13)9-10-18(20)23/h1-11,23H. The summed E-state index contributed by atoms with van der Waals surface area (Å²) in [5.74, 6) is -0.248. The Bertz CT molecular complexity index is 1060. The van der Waals surface area contributed by atoms with Gasteiger partial charge in [0.05, 0.1) is 0 Å². The third kappa shape index (κ3) is 2.35. The molecule has 0 aliphatic rings. The average molecular weight is 383 g/mol. The van der Waals surface area contributed by atoms with E-state index >= 15 is 0 Å². The highest BCUT2D eigenvalue weighted by atomic mass is 79.9. The minimum atomic E-state index is -0.248. The Morgan fingerprint density at radius 1 is 0.739 bits per heavy atom. The van der Waals surface area contributed by atoms with E-state index in [-0.39, 0.29) is 5.82 Å². The molecule has 0 aromatic heterocycles. The molecule has 112 valence electrons. The van der Waals surface area contributed by atoms with Crippen LogP contribution in [0.3, 0.4) is 0 Å². The van der Waals surface area contributed by atoms with E-state index in [4.69, 9.17) is 0 Å². The van der Waals surface area contributed by atoms with Crippen LogP contribution in [0.25, 0.3) is 32.7 Å². The van der Waals surface area contributed by atoms with E-state index in [0.29, 0.717) is 5.56 Å². The lowest BCUT2D eigenvalue weighted by Gasteiger charge is -2.15. The molecule has 0 aliphatic heterocycles. The summed E-state index contributed by atoms with van der Waals surface area (Å²) in [5.41, 5.74) is 1.44. The maximum atomic E-state index is 14.9. The average Bonchev–Trinajstić information content (AvgIpc) is 2.57. The van der Waals surface area contributed by atoms with Gasteiger partial charge in [-0.15, -0.1) is 12.6 Å². The molecule has 0 heterocycles. The smallest absolute Gasteiger partial charge is 0.132 e. The molecular formula is C20H12BrFS. The highest BCUT2D eigenvalue weighted by molar-refractivity contribution is 9.10. The Labute approximate surface area is 147 Å². The van der Waals surface area contributed by atoms with Gasteiger partial charge in [0.2, 0.25) is 0 Å². The van der Waals surface area contributed by atoms with Crippen LogP contribution in [-0.2, 0) is 0 Å². The predicted octanol–water partition coefficient (Wildman–Crippen LogP) is 6.85. The summed E-state index contributed by atoms with van der Waals surface area (Å²) in [6, 6.07) is 21.3. The highest BCUT2D eigenvalue weighted by Gasteiger charge is 2.17. The second-order valence-corrected chi connectivity index (χ2v) is 6.78. The van der Waals surface area contributed by atoms with Crippen molar-refractivity contribution in [2.45, 2.75) is 4.90 Å². The van der Waals surface area contributed by atoms with Crippen LogP contribution in [0.15, 0.2) is 76.1 Å². The number of benzene rings is 4. The number of hydrogen-bond acceptors (Lipinski definition) is 1. The topological polar surface area (TPSA) is 0 Å². The first-order chi connectivity index (χ1) is 11.2. The van der Waals surface area contributed by atoms with E-state index in [2.05, 4.69) is 28.6 Å². The van der Waals surface area contributed by atoms with Gasteiger partial charge in [-0.05, 0) is 33.7 Å². The van der Waals surface area contributed by atoms with Gasteiger partial charge in [-0.2, -0.15) is 0 Å². The monoisotopic (exact) mass is 382 g/mol. The fourth-order valence-electron chi connectivity index (χ4n) is 3.08. The first kappa shape index (κ1) is 14.7. The number of rotatable bonds is 1. The van der Waals surface area contributed by atoms with Crippen LogP contribution in [-0.4, -0.2) is 0 Å².